The number of nitro benzene ring substituents is 1. The third-order valence-electron chi connectivity index (χ3n) is 3.08. The van der Waals surface area contributed by atoms with E-state index in [1.165, 1.54) is 18.5 Å². The van der Waals surface area contributed by atoms with Gasteiger partial charge in [-0.05, 0) is 19.1 Å². The van der Waals surface area contributed by atoms with E-state index >= 15 is 0 Å². The number of benzene rings is 1. The summed E-state index contributed by atoms with van der Waals surface area (Å²) in [5, 5.41) is 13.7. The summed E-state index contributed by atoms with van der Waals surface area (Å²) in [4.78, 5) is 22.9. The summed E-state index contributed by atoms with van der Waals surface area (Å²) in [6, 6.07) is 6.13. The lowest BCUT2D eigenvalue weighted by Gasteiger charge is -2.05. The molecule has 1 aromatic carbocycles. The summed E-state index contributed by atoms with van der Waals surface area (Å²) < 4.78 is 1.91. The first-order chi connectivity index (χ1) is 10.2. The molecule has 0 saturated carbocycles. The minimum atomic E-state index is -0.435. The van der Waals surface area contributed by atoms with E-state index in [9.17, 15) is 10.1 Å². The lowest BCUT2D eigenvalue weighted by atomic mass is 10.3. The van der Waals surface area contributed by atoms with E-state index in [0.29, 0.717) is 17.0 Å². The van der Waals surface area contributed by atoms with E-state index in [0.717, 1.165) is 12.2 Å². The third-order valence-corrected chi connectivity index (χ3v) is 3.08. The van der Waals surface area contributed by atoms with Crippen LogP contribution in [0.2, 0.25) is 0 Å². The van der Waals surface area contributed by atoms with Gasteiger partial charge in [0, 0.05) is 24.4 Å². The molecule has 2 aromatic heterocycles. The Balaban J connectivity index is 1.94. The average Bonchev–Trinajstić information content (AvgIpc) is 2.92. The molecule has 0 fully saturated rings. The summed E-state index contributed by atoms with van der Waals surface area (Å²) in [6.45, 7) is 2.77. The van der Waals surface area contributed by atoms with Crippen LogP contribution < -0.4 is 5.32 Å². The molecule has 0 aliphatic carbocycles. The zero-order valence-corrected chi connectivity index (χ0v) is 11.2. The third kappa shape index (κ3) is 2.38. The van der Waals surface area contributed by atoms with Gasteiger partial charge in [-0.25, -0.2) is 15.0 Å². The lowest BCUT2D eigenvalue weighted by Crippen LogP contribution is -1.98. The molecule has 0 bridgehead atoms. The number of non-ortho nitro benzene ring substituents is 1. The Kier molecular flexibility index (Phi) is 3.19. The van der Waals surface area contributed by atoms with Gasteiger partial charge in [0.15, 0.2) is 17.0 Å². The Morgan fingerprint density at radius 3 is 2.67 bits per heavy atom. The number of fused-ring (bicyclic) bond motifs is 1. The highest BCUT2D eigenvalue weighted by Gasteiger charge is 2.10. The second-order valence-electron chi connectivity index (χ2n) is 4.35. The van der Waals surface area contributed by atoms with Crippen LogP contribution in [0.15, 0.2) is 36.9 Å². The van der Waals surface area contributed by atoms with Crippen LogP contribution in [-0.2, 0) is 6.54 Å². The Hall–Kier alpha value is -3.03. The molecule has 0 spiro atoms. The zero-order valence-electron chi connectivity index (χ0n) is 11.2. The van der Waals surface area contributed by atoms with Crippen LogP contribution in [0.3, 0.4) is 0 Å². The number of aryl methyl sites for hydroxylation is 1. The number of nitrogens with one attached hydrogen (secondary N) is 1. The number of hydrogen-bond donors (Lipinski definition) is 1. The van der Waals surface area contributed by atoms with Crippen molar-refractivity contribution in [3.63, 3.8) is 0 Å². The van der Waals surface area contributed by atoms with Gasteiger partial charge in [0.25, 0.3) is 5.69 Å². The molecule has 21 heavy (non-hydrogen) atoms. The van der Waals surface area contributed by atoms with Gasteiger partial charge in [-0.1, -0.05) is 0 Å². The highest BCUT2D eigenvalue weighted by molar-refractivity contribution is 5.85. The van der Waals surface area contributed by atoms with Crippen molar-refractivity contribution in [2.75, 3.05) is 5.32 Å². The van der Waals surface area contributed by atoms with Gasteiger partial charge in [0.05, 0.1) is 11.3 Å². The average molecular weight is 284 g/mol. The monoisotopic (exact) mass is 284 g/mol. The Morgan fingerprint density at radius 1 is 1.24 bits per heavy atom. The molecular formula is C13H12N6O2. The molecule has 0 amide bonds. The molecule has 3 rings (SSSR count). The molecule has 0 aliphatic heterocycles. The maximum absolute atomic E-state index is 10.6. The van der Waals surface area contributed by atoms with Crippen LogP contribution in [0.25, 0.3) is 11.2 Å². The highest BCUT2D eigenvalue weighted by Crippen LogP contribution is 2.23. The van der Waals surface area contributed by atoms with Crippen molar-refractivity contribution in [3.05, 3.63) is 47.0 Å². The van der Waals surface area contributed by atoms with E-state index in [1.807, 2.05) is 11.5 Å². The summed E-state index contributed by atoms with van der Waals surface area (Å²) in [7, 11) is 0. The number of rotatable bonds is 4. The predicted molar refractivity (Wildman–Crippen MR) is 77.4 cm³/mol. The first-order valence-corrected chi connectivity index (χ1v) is 6.36. The van der Waals surface area contributed by atoms with Crippen molar-refractivity contribution in [1.29, 1.82) is 0 Å². The zero-order chi connectivity index (χ0) is 14.8. The highest BCUT2D eigenvalue weighted by atomic mass is 16.6. The van der Waals surface area contributed by atoms with Gasteiger partial charge in [0.1, 0.15) is 6.33 Å². The van der Waals surface area contributed by atoms with Crippen LogP contribution >= 0.6 is 0 Å². The predicted octanol–water partition coefficient (Wildman–Crippen LogP) is 2.50. The second kappa shape index (κ2) is 5.16. The second-order valence-corrected chi connectivity index (χ2v) is 4.35. The Labute approximate surface area is 119 Å². The minimum absolute atomic E-state index is 0.0450. The summed E-state index contributed by atoms with van der Waals surface area (Å²) in [5.41, 5.74) is 2.16. The first-order valence-electron chi connectivity index (χ1n) is 6.36. The Bertz CT molecular complexity index is 796. The van der Waals surface area contributed by atoms with Crippen molar-refractivity contribution >= 4 is 28.4 Å². The topological polar surface area (TPSA) is 98.8 Å². The van der Waals surface area contributed by atoms with Gasteiger partial charge >= 0.3 is 0 Å². The lowest BCUT2D eigenvalue weighted by molar-refractivity contribution is -0.384. The minimum Gasteiger partial charge on any atom is -0.338 e. The molecule has 0 unspecified atom stereocenters. The number of hydrogen-bond acceptors (Lipinski definition) is 6. The van der Waals surface area contributed by atoms with E-state index in [4.69, 9.17) is 0 Å². The molecule has 8 heteroatoms. The molecule has 3 aromatic rings. The maximum Gasteiger partial charge on any atom is 0.269 e. The molecule has 0 saturated heterocycles. The van der Waals surface area contributed by atoms with Crippen molar-refractivity contribution in [1.82, 2.24) is 19.5 Å². The van der Waals surface area contributed by atoms with Gasteiger partial charge in [-0.3, -0.25) is 10.1 Å². The van der Waals surface area contributed by atoms with E-state index in [-0.39, 0.29) is 5.69 Å². The van der Waals surface area contributed by atoms with Crippen LogP contribution in [0.5, 0.6) is 0 Å². The summed E-state index contributed by atoms with van der Waals surface area (Å²) in [5.74, 6) is 0.570. The first kappa shape index (κ1) is 13.0. The molecule has 0 atom stereocenters. The van der Waals surface area contributed by atoms with Crippen LogP contribution in [0.4, 0.5) is 17.2 Å². The fourth-order valence-electron chi connectivity index (χ4n) is 2.01. The quantitative estimate of drug-likeness (QED) is 0.583. The number of aromatic nitrogens is 4. The fourth-order valence-corrected chi connectivity index (χ4v) is 2.01. The Morgan fingerprint density at radius 2 is 2.00 bits per heavy atom. The largest absolute Gasteiger partial charge is 0.338 e. The maximum atomic E-state index is 10.6. The van der Waals surface area contributed by atoms with E-state index in [1.54, 1.807) is 18.5 Å². The smallest absolute Gasteiger partial charge is 0.269 e. The molecule has 8 nitrogen and oxygen atoms in total. The SMILES string of the molecule is CCn1cnc2c(Nc3ccc([N+](=O)[O-])cc3)ncnc21. The van der Waals surface area contributed by atoms with Crippen molar-refractivity contribution < 1.29 is 4.92 Å². The summed E-state index contributed by atoms with van der Waals surface area (Å²) in [6.07, 6.45) is 3.17. The molecule has 106 valence electrons. The van der Waals surface area contributed by atoms with Crippen molar-refractivity contribution in [3.8, 4) is 0 Å². The van der Waals surface area contributed by atoms with Crippen LogP contribution in [-0.4, -0.2) is 24.4 Å². The molecule has 2 heterocycles. The van der Waals surface area contributed by atoms with E-state index in [2.05, 4.69) is 20.3 Å². The molecular weight excluding hydrogens is 272 g/mol. The van der Waals surface area contributed by atoms with Gasteiger partial charge in [0.2, 0.25) is 0 Å². The van der Waals surface area contributed by atoms with Crippen molar-refractivity contribution in [2.45, 2.75) is 13.5 Å². The molecule has 0 radical (unpaired) electrons. The van der Waals surface area contributed by atoms with Gasteiger partial charge < -0.3 is 9.88 Å². The normalized spacial score (nSPS) is 10.7. The number of imidazole rings is 1. The molecule has 1 N–H and O–H groups in total. The van der Waals surface area contributed by atoms with E-state index < -0.39 is 4.92 Å². The number of anilines is 2. The number of nitrogens with zero attached hydrogens (tertiary/aromatic N) is 5. The summed E-state index contributed by atoms with van der Waals surface area (Å²) >= 11 is 0. The molecule has 0 aliphatic rings. The number of nitro groups is 1. The van der Waals surface area contributed by atoms with Crippen molar-refractivity contribution in [2.24, 2.45) is 0 Å². The van der Waals surface area contributed by atoms with Crippen LogP contribution in [0, 0.1) is 10.1 Å². The van der Waals surface area contributed by atoms with Gasteiger partial charge in [-0.2, -0.15) is 0 Å². The fraction of sp³-hybridized carbons (Fsp3) is 0.154. The standard InChI is InChI=1S/C13H12N6O2/c1-2-18-8-16-11-12(14-7-15-13(11)18)17-9-3-5-10(6-4-9)19(20)21/h3-8H,2H2,1H3,(H,14,15,17). The van der Waals surface area contributed by atoms with Gasteiger partial charge in [-0.15, -0.1) is 0 Å². The van der Waals surface area contributed by atoms with Crippen LogP contribution in [0.1, 0.15) is 6.92 Å².